The van der Waals surface area contributed by atoms with Gasteiger partial charge in [0.15, 0.2) is 5.82 Å². The zero-order valence-corrected chi connectivity index (χ0v) is 11.8. The summed E-state index contributed by atoms with van der Waals surface area (Å²) in [5.74, 6) is 1.66. The van der Waals surface area contributed by atoms with E-state index in [1.807, 2.05) is 24.3 Å². The summed E-state index contributed by atoms with van der Waals surface area (Å²) < 4.78 is 10.1. The first-order valence-corrected chi connectivity index (χ1v) is 6.95. The zero-order chi connectivity index (χ0) is 14.7. The first-order valence-electron chi connectivity index (χ1n) is 6.95. The van der Waals surface area contributed by atoms with Gasteiger partial charge >= 0.3 is 0 Å². The predicted molar refractivity (Wildman–Crippen MR) is 76.0 cm³/mol. The van der Waals surface area contributed by atoms with Crippen LogP contribution in [-0.4, -0.2) is 29.8 Å². The van der Waals surface area contributed by atoms with Crippen LogP contribution in [0.4, 0.5) is 5.69 Å². The Morgan fingerprint density at radius 1 is 1.43 bits per heavy atom. The van der Waals surface area contributed by atoms with E-state index in [9.17, 15) is 4.79 Å². The number of nitrogens with one attached hydrogen (secondary N) is 1. The number of carbonyl (C=O) groups excluding carboxylic acids is 1. The van der Waals surface area contributed by atoms with Crippen molar-refractivity contribution in [2.45, 2.75) is 25.2 Å². The van der Waals surface area contributed by atoms with E-state index in [4.69, 9.17) is 9.26 Å². The van der Waals surface area contributed by atoms with Gasteiger partial charge in [-0.2, -0.15) is 4.98 Å². The second-order valence-corrected chi connectivity index (χ2v) is 5.14. The summed E-state index contributed by atoms with van der Waals surface area (Å²) in [7, 11) is 1.49. The molecule has 1 saturated carbocycles. The van der Waals surface area contributed by atoms with E-state index in [1.165, 1.54) is 7.11 Å². The summed E-state index contributed by atoms with van der Waals surface area (Å²) in [6, 6.07) is 7.57. The second-order valence-electron chi connectivity index (χ2n) is 5.14. The van der Waals surface area contributed by atoms with Crippen LogP contribution in [0.5, 0.6) is 0 Å². The molecule has 1 aromatic carbocycles. The maximum Gasteiger partial charge on any atom is 0.250 e. The molecular formula is C15H17N3O3. The number of ether oxygens (including phenoxy) is 1. The lowest BCUT2D eigenvalue weighted by Gasteiger charge is -2.09. The first-order chi connectivity index (χ1) is 10.3. The number of rotatable bonds is 6. The summed E-state index contributed by atoms with van der Waals surface area (Å²) in [6.07, 6.45) is 2.79. The van der Waals surface area contributed by atoms with Gasteiger partial charge in [-0.15, -0.1) is 0 Å². The molecule has 1 aromatic heterocycles. The van der Waals surface area contributed by atoms with Gasteiger partial charge in [-0.05, 0) is 24.5 Å². The van der Waals surface area contributed by atoms with Gasteiger partial charge in [-0.1, -0.05) is 23.4 Å². The van der Waals surface area contributed by atoms with Gasteiger partial charge in [-0.25, -0.2) is 0 Å². The molecule has 0 atom stereocenters. The Balaban J connectivity index is 1.72. The molecule has 3 rings (SSSR count). The summed E-state index contributed by atoms with van der Waals surface area (Å²) in [4.78, 5) is 16.0. The molecule has 0 bridgehead atoms. The highest BCUT2D eigenvalue weighted by molar-refractivity contribution is 5.92. The van der Waals surface area contributed by atoms with Crippen LogP contribution in [0, 0.1) is 0 Å². The highest BCUT2D eigenvalue weighted by Crippen LogP contribution is 2.38. The quantitative estimate of drug-likeness (QED) is 0.880. The van der Waals surface area contributed by atoms with Crippen molar-refractivity contribution in [2.75, 3.05) is 19.0 Å². The molecule has 0 saturated heterocycles. The third kappa shape index (κ3) is 3.46. The number of amides is 1. The third-order valence-corrected chi connectivity index (χ3v) is 3.33. The van der Waals surface area contributed by atoms with Crippen molar-refractivity contribution in [1.29, 1.82) is 0 Å². The number of para-hydroxylation sites is 1. The molecule has 6 nitrogen and oxygen atoms in total. The van der Waals surface area contributed by atoms with Gasteiger partial charge in [0.1, 0.15) is 6.61 Å². The van der Waals surface area contributed by atoms with Gasteiger partial charge in [0.2, 0.25) is 11.8 Å². The fourth-order valence-electron chi connectivity index (χ4n) is 2.12. The van der Waals surface area contributed by atoms with Crippen LogP contribution in [0.2, 0.25) is 0 Å². The van der Waals surface area contributed by atoms with Crippen molar-refractivity contribution in [1.82, 2.24) is 10.1 Å². The lowest BCUT2D eigenvalue weighted by Crippen LogP contribution is -2.18. The number of hydrogen-bond acceptors (Lipinski definition) is 5. The Hall–Kier alpha value is -2.21. The summed E-state index contributed by atoms with van der Waals surface area (Å²) >= 11 is 0. The molecule has 1 aliphatic carbocycles. The van der Waals surface area contributed by atoms with E-state index in [0.29, 0.717) is 18.2 Å². The molecule has 6 heteroatoms. The van der Waals surface area contributed by atoms with Gasteiger partial charge in [0.25, 0.3) is 0 Å². The minimum atomic E-state index is -0.186. The monoisotopic (exact) mass is 287 g/mol. The van der Waals surface area contributed by atoms with Crippen LogP contribution >= 0.6 is 0 Å². The minimum absolute atomic E-state index is 0.0285. The Morgan fingerprint density at radius 2 is 2.24 bits per heavy atom. The number of methoxy groups -OCH3 is 1. The molecule has 1 heterocycles. The maximum atomic E-state index is 11.6. The van der Waals surface area contributed by atoms with E-state index in [1.54, 1.807) is 0 Å². The molecule has 0 spiro atoms. The normalized spacial score (nSPS) is 14.1. The fourth-order valence-corrected chi connectivity index (χ4v) is 2.12. The van der Waals surface area contributed by atoms with E-state index >= 15 is 0 Å². The standard InChI is InChI=1S/C15H17N3O3/c1-20-9-13(19)16-12-5-3-2-4-11(12)8-14-17-15(18-21-14)10-6-7-10/h2-5,10H,6-9H2,1H3,(H,16,19). The topological polar surface area (TPSA) is 77.2 Å². The smallest absolute Gasteiger partial charge is 0.250 e. The molecule has 21 heavy (non-hydrogen) atoms. The lowest BCUT2D eigenvalue weighted by molar-refractivity contribution is -0.119. The van der Waals surface area contributed by atoms with Gasteiger partial charge in [0.05, 0.1) is 6.42 Å². The molecule has 2 aromatic rings. The van der Waals surface area contributed by atoms with E-state index in [0.717, 1.165) is 29.9 Å². The van der Waals surface area contributed by atoms with Crippen molar-refractivity contribution in [3.63, 3.8) is 0 Å². The van der Waals surface area contributed by atoms with Crippen LogP contribution in [0.1, 0.15) is 36.0 Å². The van der Waals surface area contributed by atoms with Gasteiger partial charge in [-0.3, -0.25) is 4.79 Å². The van der Waals surface area contributed by atoms with Crippen molar-refractivity contribution in [2.24, 2.45) is 0 Å². The molecule has 0 unspecified atom stereocenters. The van der Waals surface area contributed by atoms with Crippen LogP contribution in [-0.2, 0) is 16.0 Å². The number of nitrogens with zero attached hydrogens (tertiary/aromatic N) is 2. The largest absolute Gasteiger partial charge is 0.375 e. The maximum absolute atomic E-state index is 11.6. The van der Waals surface area contributed by atoms with Crippen LogP contribution in [0.3, 0.4) is 0 Å². The summed E-state index contributed by atoms with van der Waals surface area (Å²) in [5.41, 5.74) is 1.68. The molecule has 110 valence electrons. The zero-order valence-electron chi connectivity index (χ0n) is 11.8. The summed E-state index contributed by atoms with van der Waals surface area (Å²) in [6.45, 7) is 0.0285. The molecule has 1 fully saturated rings. The van der Waals surface area contributed by atoms with Crippen LogP contribution in [0.25, 0.3) is 0 Å². The molecule has 1 aliphatic rings. The Labute approximate surface area is 122 Å². The Morgan fingerprint density at radius 3 is 3.00 bits per heavy atom. The SMILES string of the molecule is COCC(=O)Nc1ccccc1Cc1nc(C2CC2)no1. The number of anilines is 1. The van der Waals surface area contributed by atoms with Gasteiger partial charge in [0, 0.05) is 18.7 Å². The van der Waals surface area contributed by atoms with E-state index in [-0.39, 0.29) is 12.5 Å². The first kappa shape index (κ1) is 13.8. The number of carbonyl (C=O) groups is 1. The highest BCUT2D eigenvalue weighted by atomic mass is 16.5. The van der Waals surface area contributed by atoms with Crippen molar-refractivity contribution >= 4 is 11.6 Å². The number of hydrogen-bond donors (Lipinski definition) is 1. The average Bonchev–Trinajstić information content (AvgIpc) is 3.22. The number of benzene rings is 1. The van der Waals surface area contributed by atoms with Crippen LogP contribution in [0.15, 0.2) is 28.8 Å². The minimum Gasteiger partial charge on any atom is -0.375 e. The van der Waals surface area contributed by atoms with Crippen LogP contribution < -0.4 is 5.32 Å². The van der Waals surface area contributed by atoms with Crippen molar-refractivity contribution in [3.05, 3.63) is 41.5 Å². The lowest BCUT2D eigenvalue weighted by atomic mass is 10.1. The molecule has 1 N–H and O–H groups in total. The Bertz CT molecular complexity index is 635. The molecule has 1 amide bonds. The summed E-state index contributed by atoms with van der Waals surface area (Å²) in [5, 5.41) is 6.82. The van der Waals surface area contributed by atoms with E-state index in [2.05, 4.69) is 15.5 Å². The second kappa shape index (κ2) is 6.05. The molecule has 0 aliphatic heterocycles. The predicted octanol–water partition coefficient (Wildman–Crippen LogP) is 2.12. The molecular weight excluding hydrogens is 270 g/mol. The van der Waals surface area contributed by atoms with Crippen molar-refractivity contribution < 1.29 is 14.1 Å². The Kier molecular flexibility index (Phi) is 3.96. The highest BCUT2D eigenvalue weighted by Gasteiger charge is 2.28. The fraction of sp³-hybridized carbons (Fsp3) is 0.400. The van der Waals surface area contributed by atoms with Crippen molar-refractivity contribution in [3.8, 4) is 0 Å². The average molecular weight is 287 g/mol. The van der Waals surface area contributed by atoms with E-state index < -0.39 is 0 Å². The third-order valence-electron chi connectivity index (χ3n) is 3.33. The molecule has 0 radical (unpaired) electrons. The number of aromatic nitrogens is 2. The van der Waals surface area contributed by atoms with Gasteiger partial charge < -0.3 is 14.6 Å².